The number of rotatable bonds is 5. The number of anilines is 1. The molecule has 21 heavy (non-hydrogen) atoms. The maximum atomic E-state index is 6.05. The summed E-state index contributed by atoms with van der Waals surface area (Å²) in [6, 6.07) is 2.19. The van der Waals surface area contributed by atoms with Gasteiger partial charge in [0.25, 0.3) is 0 Å². The zero-order chi connectivity index (χ0) is 14.8. The van der Waals surface area contributed by atoms with Crippen LogP contribution in [-0.2, 0) is 6.42 Å². The van der Waals surface area contributed by atoms with Gasteiger partial charge in [-0.25, -0.2) is 9.97 Å². The van der Waals surface area contributed by atoms with Gasteiger partial charge in [-0.3, -0.25) is 0 Å². The van der Waals surface area contributed by atoms with Crippen molar-refractivity contribution in [2.45, 2.75) is 26.7 Å². The molecule has 1 fully saturated rings. The molecule has 2 aromatic heterocycles. The van der Waals surface area contributed by atoms with E-state index in [0.717, 1.165) is 35.5 Å². The average molecular weight is 325 g/mol. The van der Waals surface area contributed by atoms with Crippen molar-refractivity contribution in [1.29, 1.82) is 0 Å². The molecule has 0 bridgehead atoms. The van der Waals surface area contributed by atoms with Crippen LogP contribution in [0.1, 0.15) is 25.1 Å². The van der Waals surface area contributed by atoms with Gasteiger partial charge >= 0.3 is 0 Å². The summed E-state index contributed by atoms with van der Waals surface area (Å²) in [5.74, 6) is 1.58. The first-order valence-corrected chi connectivity index (χ1v) is 8.81. The molecule has 0 aromatic carbocycles. The molecule has 1 unspecified atom stereocenters. The standard InChI is InChI=1S/C15H21ClN4S/c1-3-11-7-12-13(18-15(16)19-14(12)21-11)17-8-10-5-6-20(4-2)9-10/h7,10H,3-6,8-9H2,1-2H3,(H,17,18,19). The number of halogens is 1. The first kappa shape index (κ1) is 15.0. The van der Waals surface area contributed by atoms with E-state index in [1.807, 2.05) is 0 Å². The summed E-state index contributed by atoms with van der Waals surface area (Å²) in [6.45, 7) is 8.86. The fraction of sp³-hybridized carbons (Fsp3) is 0.600. The smallest absolute Gasteiger partial charge is 0.225 e. The molecule has 0 aliphatic carbocycles. The summed E-state index contributed by atoms with van der Waals surface area (Å²) in [6.07, 6.45) is 2.28. The molecule has 2 aromatic rings. The Labute approximate surface area is 134 Å². The second-order valence-electron chi connectivity index (χ2n) is 5.56. The van der Waals surface area contributed by atoms with Crippen molar-refractivity contribution < 1.29 is 0 Å². The Balaban J connectivity index is 1.75. The van der Waals surface area contributed by atoms with Crippen molar-refractivity contribution >= 4 is 39.0 Å². The highest BCUT2D eigenvalue weighted by molar-refractivity contribution is 7.18. The summed E-state index contributed by atoms with van der Waals surface area (Å²) >= 11 is 7.76. The first-order valence-electron chi connectivity index (χ1n) is 7.61. The molecule has 1 saturated heterocycles. The second kappa shape index (κ2) is 6.46. The van der Waals surface area contributed by atoms with Gasteiger partial charge in [-0.2, -0.15) is 0 Å². The third-order valence-electron chi connectivity index (χ3n) is 4.14. The van der Waals surface area contributed by atoms with E-state index in [1.54, 1.807) is 11.3 Å². The predicted octanol–water partition coefficient (Wildman–Crippen LogP) is 3.66. The van der Waals surface area contributed by atoms with Gasteiger partial charge in [0.2, 0.25) is 5.28 Å². The molecule has 6 heteroatoms. The number of hydrogen-bond donors (Lipinski definition) is 1. The van der Waals surface area contributed by atoms with Crippen LogP contribution < -0.4 is 5.32 Å². The Bertz CT molecular complexity index is 627. The van der Waals surface area contributed by atoms with E-state index in [4.69, 9.17) is 11.6 Å². The molecule has 0 amide bonds. The Morgan fingerprint density at radius 1 is 1.43 bits per heavy atom. The van der Waals surface area contributed by atoms with E-state index >= 15 is 0 Å². The molecule has 114 valence electrons. The highest BCUT2D eigenvalue weighted by Gasteiger charge is 2.21. The lowest BCUT2D eigenvalue weighted by Crippen LogP contribution is -2.22. The highest BCUT2D eigenvalue weighted by atomic mass is 35.5. The zero-order valence-corrected chi connectivity index (χ0v) is 14.1. The van der Waals surface area contributed by atoms with Gasteiger partial charge in [-0.1, -0.05) is 13.8 Å². The number of aromatic nitrogens is 2. The fourth-order valence-corrected chi connectivity index (χ4v) is 4.05. The second-order valence-corrected chi connectivity index (χ2v) is 7.01. The third-order valence-corrected chi connectivity index (χ3v) is 5.48. The van der Waals surface area contributed by atoms with E-state index < -0.39 is 0 Å². The van der Waals surface area contributed by atoms with Crippen LogP contribution in [0.3, 0.4) is 0 Å². The number of fused-ring (bicyclic) bond motifs is 1. The van der Waals surface area contributed by atoms with Crippen molar-refractivity contribution in [3.63, 3.8) is 0 Å². The summed E-state index contributed by atoms with van der Waals surface area (Å²) < 4.78 is 0. The fourth-order valence-electron chi connectivity index (χ4n) is 2.86. The van der Waals surface area contributed by atoms with E-state index in [2.05, 4.69) is 40.1 Å². The number of nitrogens with one attached hydrogen (secondary N) is 1. The minimum absolute atomic E-state index is 0.330. The molecule has 0 saturated carbocycles. The molecule has 1 N–H and O–H groups in total. The summed E-state index contributed by atoms with van der Waals surface area (Å²) in [5, 5.41) is 4.93. The molecule has 1 atom stereocenters. The van der Waals surface area contributed by atoms with Crippen molar-refractivity contribution in [3.8, 4) is 0 Å². The molecule has 4 nitrogen and oxygen atoms in total. The Morgan fingerprint density at radius 2 is 2.29 bits per heavy atom. The molecule has 3 heterocycles. The summed E-state index contributed by atoms with van der Waals surface area (Å²) in [4.78, 5) is 13.5. The van der Waals surface area contributed by atoms with Gasteiger partial charge < -0.3 is 10.2 Å². The van der Waals surface area contributed by atoms with Crippen LogP contribution in [0.15, 0.2) is 6.07 Å². The number of aryl methyl sites for hydroxylation is 1. The summed E-state index contributed by atoms with van der Waals surface area (Å²) in [5.41, 5.74) is 0. The van der Waals surface area contributed by atoms with E-state index in [1.165, 1.54) is 24.4 Å². The van der Waals surface area contributed by atoms with E-state index in [9.17, 15) is 0 Å². The topological polar surface area (TPSA) is 41.0 Å². The number of hydrogen-bond acceptors (Lipinski definition) is 5. The van der Waals surface area contributed by atoms with Gasteiger partial charge in [0, 0.05) is 18.0 Å². The Hall–Kier alpha value is -0.910. The van der Waals surface area contributed by atoms with Crippen molar-refractivity contribution in [1.82, 2.24) is 14.9 Å². The average Bonchev–Trinajstić information content (AvgIpc) is 3.10. The lowest BCUT2D eigenvalue weighted by molar-refractivity contribution is 0.345. The highest BCUT2D eigenvalue weighted by Crippen LogP contribution is 2.30. The molecule has 3 rings (SSSR count). The molecule has 0 spiro atoms. The Kier molecular flexibility index (Phi) is 4.62. The number of thiophene rings is 1. The number of nitrogens with zero attached hydrogens (tertiary/aromatic N) is 3. The van der Waals surface area contributed by atoms with Crippen LogP contribution in [-0.4, -0.2) is 41.0 Å². The SMILES string of the molecule is CCc1cc2c(NCC3CCN(CC)C3)nc(Cl)nc2s1. The lowest BCUT2D eigenvalue weighted by Gasteiger charge is -2.14. The van der Waals surface area contributed by atoms with Crippen molar-refractivity contribution in [2.24, 2.45) is 5.92 Å². The Morgan fingerprint density at radius 3 is 3.00 bits per heavy atom. The largest absolute Gasteiger partial charge is 0.369 e. The van der Waals surface area contributed by atoms with Crippen molar-refractivity contribution in [3.05, 3.63) is 16.2 Å². The minimum Gasteiger partial charge on any atom is -0.369 e. The monoisotopic (exact) mass is 324 g/mol. The zero-order valence-electron chi connectivity index (χ0n) is 12.5. The van der Waals surface area contributed by atoms with E-state index in [0.29, 0.717) is 11.2 Å². The van der Waals surface area contributed by atoms with Gasteiger partial charge in [-0.15, -0.1) is 11.3 Å². The molecule has 0 radical (unpaired) electrons. The van der Waals surface area contributed by atoms with E-state index in [-0.39, 0.29) is 0 Å². The normalized spacial score (nSPS) is 19.5. The third kappa shape index (κ3) is 3.30. The van der Waals surface area contributed by atoms with Gasteiger partial charge in [0.15, 0.2) is 0 Å². The molecule has 1 aliphatic rings. The first-order chi connectivity index (χ1) is 10.2. The quantitative estimate of drug-likeness (QED) is 0.852. The molecule has 1 aliphatic heterocycles. The van der Waals surface area contributed by atoms with Crippen LogP contribution in [0.4, 0.5) is 5.82 Å². The van der Waals surface area contributed by atoms with Crippen LogP contribution >= 0.6 is 22.9 Å². The maximum absolute atomic E-state index is 6.05. The van der Waals surface area contributed by atoms with Crippen LogP contribution in [0.5, 0.6) is 0 Å². The van der Waals surface area contributed by atoms with Crippen LogP contribution in [0.25, 0.3) is 10.2 Å². The van der Waals surface area contributed by atoms with Crippen LogP contribution in [0.2, 0.25) is 5.28 Å². The summed E-state index contributed by atoms with van der Waals surface area (Å²) in [7, 11) is 0. The van der Waals surface area contributed by atoms with Crippen molar-refractivity contribution in [2.75, 3.05) is 31.5 Å². The number of likely N-dealkylation sites (tertiary alicyclic amines) is 1. The molecular formula is C15H21ClN4S. The lowest BCUT2D eigenvalue weighted by atomic mass is 10.1. The predicted molar refractivity (Wildman–Crippen MR) is 90.5 cm³/mol. The maximum Gasteiger partial charge on any atom is 0.225 e. The minimum atomic E-state index is 0.330. The van der Waals surface area contributed by atoms with Gasteiger partial charge in [0.1, 0.15) is 10.6 Å². The van der Waals surface area contributed by atoms with Gasteiger partial charge in [0.05, 0.1) is 5.39 Å². The molecular weight excluding hydrogens is 304 g/mol. The van der Waals surface area contributed by atoms with Gasteiger partial charge in [-0.05, 0) is 49.5 Å². The van der Waals surface area contributed by atoms with Crippen LogP contribution in [0, 0.1) is 5.92 Å².